The Hall–Kier alpha value is -2.82. The van der Waals surface area contributed by atoms with Gasteiger partial charge >= 0.3 is 0 Å². The van der Waals surface area contributed by atoms with Crippen molar-refractivity contribution >= 4 is 17.5 Å². The summed E-state index contributed by atoms with van der Waals surface area (Å²) >= 11 is 0. The van der Waals surface area contributed by atoms with Crippen LogP contribution in [0.3, 0.4) is 0 Å². The van der Waals surface area contributed by atoms with Crippen LogP contribution in [0.1, 0.15) is 40.7 Å². The average Bonchev–Trinajstić information content (AvgIpc) is 2.66. The fourth-order valence-electron chi connectivity index (χ4n) is 2.66. The van der Waals surface area contributed by atoms with E-state index in [1.807, 2.05) is 0 Å². The fraction of sp³-hybridized carbons (Fsp3) is 0.333. The quantitative estimate of drug-likeness (QED) is 0.710. The Bertz CT molecular complexity index is 754. The Morgan fingerprint density at radius 3 is 2.42 bits per heavy atom. The van der Waals surface area contributed by atoms with Crippen molar-refractivity contribution in [2.45, 2.75) is 32.6 Å². The summed E-state index contributed by atoms with van der Waals surface area (Å²) in [5.41, 5.74) is 3.42. The largest absolute Gasteiger partial charge is 0.497 e. The lowest BCUT2D eigenvalue weighted by Crippen LogP contribution is -2.21. The molecule has 0 heterocycles. The average molecular weight is 354 g/mol. The van der Waals surface area contributed by atoms with Crippen molar-refractivity contribution in [1.82, 2.24) is 5.32 Å². The first kappa shape index (κ1) is 19.5. The monoisotopic (exact) mass is 354 g/mol. The smallest absolute Gasteiger partial charge is 0.253 e. The minimum absolute atomic E-state index is 0.0933. The van der Waals surface area contributed by atoms with Gasteiger partial charge in [0, 0.05) is 13.5 Å². The molecule has 0 aliphatic rings. The molecule has 26 heavy (non-hydrogen) atoms. The van der Waals surface area contributed by atoms with Gasteiger partial charge in [0.2, 0.25) is 5.91 Å². The van der Waals surface area contributed by atoms with Crippen LogP contribution < -0.4 is 15.4 Å². The molecule has 2 N–H and O–H groups in total. The number of anilines is 1. The Labute approximate surface area is 154 Å². The van der Waals surface area contributed by atoms with Crippen LogP contribution in [-0.2, 0) is 11.2 Å². The molecule has 0 fully saturated rings. The van der Waals surface area contributed by atoms with Gasteiger partial charge in [0.1, 0.15) is 5.75 Å². The van der Waals surface area contributed by atoms with Gasteiger partial charge in [-0.1, -0.05) is 29.8 Å². The van der Waals surface area contributed by atoms with Crippen molar-refractivity contribution in [2.24, 2.45) is 0 Å². The molecule has 138 valence electrons. The summed E-state index contributed by atoms with van der Waals surface area (Å²) in [5, 5.41) is 5.40. The second-order valence-electron chi connectivity index (χ2n) is 6.23. The highest BCUT2D eigenvalue weighted by atomic mass is 16.5. The van der Waals surface area contributed by atoms with Crippen molar-refractivity contribution in [3.8, 4) is 5.75 Å². The zero-order chi connectivity index (χ0) is 18.9. The molecule has 0 spiro atoms. The Balaban J connectivity index is 1.87. The fourth-order valence-corrected chi connectivity index (χ4v) is 2.66. The predicted molar refractivity (Wildman–Crippen MR) is 104 cm³/mol. The Morgan fingerprint density at radius 1 is 1.04 bits per heavy atom. The van der Waals surface area contributed by atoms with E-state index in [4.69, 9.17) is 4.74 Å². The lowest BCUT2D eigenvalue weighted by molar-refractivity contribution is -0.116. The number of unbranched alkanes of at least 4 members (excludes halogenated alkanes) is 1. The van der Waals surface area contributed by atoms with Gasteiger partial charge < -0.3 is 15.4 Å². The highest BCUT2D eigenvalue weighted by molar-refractivity contribution is 6.04. The minimum Gasteiger partial charge on any atom is -0.497 e. The minimum atomic E-state index is -0.265. The van der Waals surface area contributed by atoms with E-state index in [-0.39, 0.29) is 11.8 Å². The zero-order valence-corrected chi connectivity index (χ0v) is 15.6. The number of benzene rings is 2. The lowest BCUT2D eigenvalue weighted by atomic mass is 10.1. The van der Waals surface area contributed by atoms with Crippen LogP contribution in [-0.4, -0.2) is 26.0 Å². The molecule has 2 aromatic rings. The van der Waals surface area contributed by atoms with Crippen molar-refractivity contribution in [3.05, 3.63) is 59.2 Å². The number of carbonyl (C=O) groups is 2. The van der Waals surface area contributed by atoms with Gasteiger partial charge in [0.25, 0.3) is 5.91 Å². The van der Waals surface area contributed by atoms with E-state index in [9.17, 15) is 9.59 Å². The van der Waals surface area contributed by atoms with E-state index in [1.54, 1.807) is 25.2 Å². The second-order valence-corrected chi connectivity index (χ2v) is 6.23. The summed E-state index contributed by atoms with van der Waals surface area (Å²) in [5.74, 6) is 0.211. The number of ether oxygens (including phenoxy) is 1. The molecule has 2 aromatic carbocycles. The summed E-state index contributed by atoms with van der Waals surface area (Å²) in [6.45, 7) is 2.07. The molecule has 0 aromatic heterocycles. The maximum absolute atomic E-state index is 12.2. The van der Waals surface area contributed by atoms with Crippen LogP contribution in [0.2, 0.25) is 0 Å². The van der Waals surface area contributed by atoms with E-state index < -0.39 is 0 Å². The summed E-state index contributed by atoms with van der Waals surface area (Å²) < 4.78 is 5.15. The maximum Gasteiger partial charge on any atom is 0.253 e. The molecule has 0 radical (unpaired) electrons. The van der Waals surface area contributed by atoms with Gasteiger partial charge in [0.15, 0.2) is 0 Å². The van der Waals surface area contributed by atoms with E-state index >= 15 is 0 Å². The highest BCUT2D eigenvalue weighted by Crippen LogP contribution is 2.22. The molecule has 0 saturated heterocycles. The molecule has 0 aliphatic carbocycles. The van der Waals surface area contributed by atoms with E-state index in [1.165, 1.54) is 18.2 Å². The van der Waals surface area contributed by atoms with Crippen LogP contribution in [0.15, 0.2) is 42.5 Å². The molecule has 5 nitrogen and oxygen atoms in total. The van der Waals surface area contributed by atoms with Crippen LogP contribution >= 0.6 is 0 Å². The first-order valence-electron chi connectivity index (χ1n) is 8.79. The van der Waals surface area contributed by atoms with Crippen LogP contribution in [0.5, 0.6) is 5.75 Å². The van der Waals surface area contributed by atoms with Gasteiger partial charge in [-0.25, -0.2) is 0 Å². The molecule has 5 heteroatoms. The summed E-state index contributed by atoms with van der Waals surface area (Å²) in [4.78, 5) is 24.2. The number of amides is 2. The Morgan fingerprint density at radius 2 is 1.77 bits per heavy atom. The molecule has 2 rings (SSSR count). The topological polar surface area (TPSA) is 67.4 Å². The molecule has 2 amide bonds. The molecule has 0 saturated carbocycles. The van der Waals surface area contributed by atoms with Crippen molar-refractivity contribution in [1.29, 1.82) is 0 Å². The summed E-state index contributed by atoms with van der Waals surface area (Å²) in [6.07, 6.45) is 3.12. The van der Waals surface area contributed by atoms with E-state index in [0.29, 0.717) is 23.4 Å². The third-order valence-corrected chi connectivity index (χ3v) is 4.21. The third kappa shape index (κ3) is 5.62. The first-order valence-corrected chi connectivity index (χ1v) is 8.79. The molecule has 0 aliphatic heterocycles. The summed E-state index contributed by atoms with van der Waals surface area (Å²) in [6, 6.07) is 13.5. The standard InChI is InChI=1S/C21H26N2O3/c1-15-8-10-16(11-9-15)6-4-5-7-20(24)23-19-13-12-17(26-3)14-18(19)21(25)22-2/h8-14H,4-7H2,1-3H3,(H,22,25)(H,23,24). The van der Waals surface area contributed by atoms with Gasteiger partial charge in [0.05, 0.1) is 18.4 Å². The molecule has 0 unspecified atom stereocenters. The van der Waals surface area contributed by atoms with Gasteiger partial charge in [-0.15, -0.1) is 0 Å². The number of hydrogen-bond donors (Lipinski definition) is 2. The number of methoxy groups -OCH3 is 1. The Kier molecular flexibility index (Phi) is 7.21. The van der Waals surface area contributed by atoms with Crippen molar-refractivity contribution in [2.75, 3.05) is 19.5 Å². The van der Waals surface area contributed by atoms with Crippen molar-refractivity contribution < 1.29 is 14.3 Å². The number of aryl methyl sites for hydroxylation is 2. The second kappa shape index (κ2) is 9.61. The van der Waals surface area contributed by atoms with Crippen molar-refractivity contribution in [3.63, 3.8) is 0 Å². The van der Waals surface area contributed by atoms with Gasteiger partial charge in [-0.05, 0) is 49.9 Å². The predicted octanol–water partition coefficient (Wildman–Crippen LogP) is 3.71. The number of nitrogens with one attached hydrogen (secondary N) is 2. The van der Waals surface area contributed by atoms with E-state index in [2.05, 4.69) is 41.8 Å². The first-order chi connectivity index (χ1) is 12.5. The maximum atomic E-state index is 12.2. The number of hydrogen-bond acceptors (Lipinski definition) is 3. The van der Waals surface area contributed by atoms with Crippen LogP contribution in [0.25, 0.3) is 0 Å². The molecular formula is C21H26N2O3. The third-order valence-electron chi connectivity index (χ3n) is 4.21. The van der Waals surface area contributed by atoms with Gasteiger partial charge in [-0.2, -0.15) is 0 Å². The lowest BCUT2D eigenvalue weighted by Gasteiger charge is -2.12. The highest BCUT2D eigenvalue weighted by Gasteiger charge is 2.13. The zero-order valence-electron chi connectivity index (χ0n) is 15.6. The molecule has 0 bridgehead atoms. The van der Waals surface area contributed by atoms with Gasteiger partial charge in [-0.3, -0.25) is 9.59 Å². The number of carbonyl (C=O) groups excluding carboxylic acids is 2. The van der Waals surface area contributed by atoms with Crippen LogP contribution in [0, 0.1) is 6.92 Å². The molecule has 0 atom stereocenters. The SMILES string of the molecule is CNC(=O)c1cc(OC)ccc1NC(=O)CCCCc1ccc(C)cc1. The summed E-state index contributed by atoms with van der Waals surface area (Å²) in [7, 11) is 3.09. The molecular weight excluding hydrogens is 328 g/mol. The van der Waals surface area contributed by atoms with E-state index in [0.717, 1.165) is 19.3 Å². The number of rotatable bonds is 8. The van der Waals surface area contributed by atoms with Crippen LogP contribution in [0.4, 0.5) is 5.69 Å². The normalized spacial score (nSPS) is 10.3.